The number of aromatic nitrogens is 1. The third-order valence-electron chi connectivity index (χ3n) is 4.38. The molecule has 0 atom stereocenters. The maximum absolute atomic E-state index is 12.8. The van der Waals surface area contributed by atoms with Crippen LogP contribution in [0.3, 0.4) is 0 Å². The van der Waals surface area contributed by atoms with Crippen LogP contribution in [-0.2, 0) is 23.1 Å². The second-order valence-electron chi connectivity index (χ2n) is 6.18. The van der Waals surface area contributed by atoms with E-state index in [1.54, 1.807) is 49.8 Å². The summed E-state index contributed by atoms with van der Waals surface area (Å²) >= 11 is 0. The van der Waals surface area contributed by atoms with E-state index in [9.17, 15) is 8.42 Å². The van der Waals surface area contributed by atoms with Gasteiger partial charge in [-0.1, -0.05) is 12.1 Å². The van der Waals surface area contributed by atoms with Gasteiger partial charge in [-0.05, 0) is 53.6 Å². The number of hydrogen-bond acceptors (Lipinski definition) is 5. The Morgan fingerprint density at radius 3 is 2.52 bits per heavy atom. The van der Waals surface area contributed by atoms with Crippen molar-refractivity contribution in [2.75, 3.05) is 7.11 Å². The summed E-state index contributed by atoms with van der Waals surface area (Å²) in [5, 5.41) is 0. The van der Waals surface area contributed by atoms with Crippen molar-refractivity contribution >= 4 is 10.0 Å². The first kappa shape index (κ1) is 17.5. The third kappa shape index (κ3) is 3.51. The molecule has 2 heterocycles. The average molecular weight is 382 g/mol. The van der Waals surface area contributed by atoms with Gasteiger partial charge in [-0.2, -0.15) is 4.31 Å². The molecule has 0 amide bonds. The van der Waals surface area contributed by atoms with Gasteiger partial charge >= 0.3 is 0 Å². The average Bonchev–Trinajstić information content (AvgIpc) is 2.93. The van der Waals surface area contributed by atoms with Crippen molar-refractivity contribution in [1.29, 1.82) is 0 Å². The van der Waals surface area contributed by atoms with Gasteiger partial charge in [0.05, 0.1) is 18.2 Å². The van der Waals surface area contributed by atoms with Gasteiger partial charge in [0, 0.05) is 19.3 Å². The number of methoxy groups -OCH3 is 1. The highest BCUT2D eigenvalue weighted by molar-refractivity contribution is 7.89. The molecule has 1 aliphatic rings. The van der Waals surface area contributed by atoms with Gasteiger partial charge in [0.15, 0.2) is 0 Å². The fourth-order valence-electron chi connectivity index (χ4n) is 3.03. The van der Waals surface area contributed by atoms with Gasteiger partial charge in [0.2, 0.25) is 10.0 Å². The molecule has 3 aromatic rings. The highest BCUT2D eigenvalue weighted by atomic mass is 32.2. The molecule has 0 fully saturated rings. The van der Waals surface area contributed by atoms with Crippen molar-refractivity contribution in [3.63, 3.8) is 0 Å². The number of pyridine rings is 1. The van der Waals surface area contributed by atoms with E-state index in [1.165, 1.54) is 4.31 Å². The Hall–Kier alpha value is -2.90. The van der Waals surface area contributed by atoms with E-state index in [0.29, 0.717) is 29.5 Å². The Kier molecular flexibility index (Phi) is 4.55. The lowest BCUT2D eigenvalue weighted by atomic mass is 10.2. The van der Waals surface area contributed by atoms with Crippen molar-refractivity contribution in [2.45, 2.75) is 18.0 Å². The van der Waals surface area contributed by atoms with Gasteiger partial charge in [-0.25, -0.2) is 8.42 Å². The van der Waals surface area contributed by atoms with Crippen LogP contribution in [0, 0.1) is 0 Å². The van der Waals surface area contributed by atoms with Crippen LogP contribution >= 0.6 is 0 Å². The van der Waals surface area contributed by atoms with E-state index in [2.05, 4.69) is 4.98 Å². The number of nitrogens with zero attached hydrogens (tertiary/aromatic N) is 2. The highest BCUT2D eigenvalue weighted by Crippen LogP contribution is 2.35. The zero-order valence-electron chi connectivity index (χ0n) is 14.7. The molecule has 0 saturated carbocycles. The topological polar surface area (TPSA) is 68.7 Å². The van der Waals surface area contributed by atoms with Gasteiger partial charge in [0.25, 0.3) is 0 Å². The molecule has 0 unspecified atom stereocenters. The van der Waals surface area contributed by atoms with Crippen LogP contribution in [0.4, 0.5) is 0 Å². The van der Waals surface area contributed by atoms with Crippen molar-refractivity contribution in [2.24, 2.45) is 0 Å². The molecule has 138 valence electrons. The van der Waals surface area contributed by atoms with Crippen LogP contribution in [0.1, 0.15) is 11.1 Å². The van der Waals surface area contributed by atoms with E-state index in [0.717, 1.165) is 16.9 Å². The zero-order chi connectivity index (χ0) is 18.9. The van der Waals surface area contributed by atoms with Crippen LogP contribution in [-0.4, -0.2) is 24.8 Å². The predicted octanol–water partition coefficient (Wildman–Crippen LogP) is 3.59. The molecule has 0 N–H and O–H groups in total. The molecule has 0 bridgehead atoms. The Labute approximate surface area is 158 Å². The first-order valence-corrected chi connectivity index (χ1v) is 9.84. The van der Waals surface area contributed by atoms with Gasteiger partial charge in [-0.3, -0.25) is 4.98 Å². The molecule has 1 aromatic heterocycles. The second-order valence-corrected chi connectivity index (χ2v) is 8.09. The van der Waals surface area contributed by atoms with Crippen molar-refractivity contribution < 1.29 is 17.9 Å². The molecular weight excluding hydrogens is 364 g/mol. The summed E-state index contributed by atoms with van der Waals surface area (Å²) in [6.07, 6.45) is 3.28. The van der Waals surface area contributed by atoms with E-state index in [4.69, 9.17) is 9.47 Å². The standard InChI is InChI=1S/C20H18N2O4S/c1-25-17-6-4-15(5-7-17)13-22-14-16-11-18(8-9-20(16)27(22,23)24)26-19-3-2-10-21-12-19/h2-12H,13-14H2,1H3. The zero-order valence-corrected chi connectivity index (χ0v) is 15.5. The van der Waals surface area contributed by atoms with Crippen LogP contribution in [0.2, 0.25) is 0 Å². The summed E-state index contributed by atoms with van der Waals surface area (Å²) in [5.41, 5.74) is 1.63. The lowest BCUT2D eigenvalue weighted by Gasteiger charge is -2.14. The SMILES string of the molecule is COc1ccc(CN2Cc3cc(Oc4cccnc4)ccc3S2(=O)=O)cc1. The minimum atomic E-state index is -3.52. The minimum Gasteiger partial charge on any atom is -0.497 e. The van der Waals surface area contributed by atoms with Crippen LogP contribution in [0.25, 0.3) is 0 Å². The second kappa shape index (κ2) is 7.02. The van der Waals surface area contributed by atoms with Gasteiger partial charge in [0.1, 0.15) is 17.2 Å². The largest absolute Gasteiger partial charge is 0.497 e. The van der Waals surface area contributed by atoms with Crippen LogP contribution in [0.15, 0.2) is 71.9 Å². The van der Waals surface area contributed by atoms with Crippen molar-refractivity contribution in [3.05, 3.63) is 78.1 Å². The highest BCUT2D eigenvalue weighted by Gasteiger charge is 2.34. The molecule has 0 aliphatic carbocycles. The Bertz CT molecular complexity index is 1050. The Morgan fingerprint density at radius 1 is 1.04 bits per heavy atom. The first-order valence-electron chi connectivity index (χ1n) is 8.40. The maximum Gasteiger partial charge on any atom is 0.244 e. The summed E-state index contributed by atoms with van der Waals surface area (Å²) in [4.78, 5) is 4.34. The number of hydrogen-bond donors (Lipinski definition) is 0. The molecular formula is C20H18N2O4S. The molecule has 0 saturated heterocycles. The lowest BCUT2D eigenvalue weighted by Crippen LogP contribution is -2.23. The lowest BCUT2D eigenvalue weighted by molar-refractivity contribution is 0.410. The number of rotatable bonds is 5. The fourth-order valence-corrected chi connectivity index (χ4v) is 4.63. The molecule has 6 nitrogen and oxygen atoms in total. The fraction of sp³-hybridized carbons (Fsp3) is 0.150. The summed E-state index contributed by atoms with van der Waals surface area (Å²) in [5.74, 6) is 1.93. The monoisotopic (exact) mass is 382 g/mol. The van der Waals surface area contributed by atoms with Crippen molar-refractivity contribution in [3.8, 4) is 17.2 Å². The number of ether oxygens (including phenoxy) is 2. The first-order chi connectivity index (χ1) is 13.1. The summed E-state index contributed by atoms with van der Waals surface area (Å²) in [7, 11) is -1.92. The molecule has 7 heteroatoms. The quantitative estimate of drug-likeness (QED) is 0.675. The third-order valence-corrected chi connectivity index (χ3v) is 6.28. The smallest absolute Gasteiger partial charge is 0.244 e. The number of fused-ring (bicyclic) bond motifs is 1. The normalized spacial score (nSPS) is 15.3. The van der Waals surface area contributed by atoms with E-state index in [1.807, 2.05) is 24.3 Å². The van der Waals surface area contributed by atoms with Crippen LogP contribution < -0.4 is 9.47 Å². The molecule has 0 spiro atoms. The Balaban J connectivity index is 1.56. The van der Waals surface area contributed by atoms with E-state index < -0.39 is 10.0 Å². The molecule has 2 aromatic carbocycles. The maximum atomic E-state index is 12.8. The predicted molar refractivity (Wildman–Crippen MR) is 100 cm³/mol. The van der Waals surface area contributed by atoms with E-state index in [-0.39, 0.29) is 0 Å². The van der Waals surface area contributed by atoms with Gasteiger partial charge < -0.3 is 9.47 Å². The molecule has 1 aliphatic heterocycles. The number of sulfonamides is 1. The van der Waals surface area contributed by atoms with E-state index >= 15 is 0 Å². The summed E-state index contributed by atoms with van der Waals surface area (Å²) in [6, 6.07) is 16.0. The summed E-state index contributed by atoms with van der Waals surface area (Å²) < 4.78 is 38.0. The summed E-state index contributed by atoms with van der Waals surface area (Å²) in [6.45, 7) is 0.619. The molecule has 27 heavy (non-hydrogen) atoms. The minimum absolute atomic E-state index is 0.305. The molecule has 4 rings (SSSR count). The van der Waals surface area contributed by atoms with Crippen LogP contribution in [0.5, 0.6) is 17.2 Å². The van der Waals surface area contributed by atoms with Gasteiger partial charge in [-0.15, -0.1) is 0 Å². The van der Waals surface area contributed by atoms with Crippen molar-refractivity contribution in [1.82, 2.24) is 9.29 Å². The molecule has 0 radical (unpaired) electrons. The Morgan fingerprint density at radius 2 is 1.81 bits per heavy atom. The number of benzene rings is 2.